The number of halogens is 3. The van der Waals surface area contributed by atoms with Crippen LogP contribution in [0.3, 0.4) is 0 Å². The van der Waals surface area contributed by atoms with Crippen LogP contribution in [0, 0.1) is 0 Å². The summed E-state index contributed by atoms with van der Waals surface area (Å²) in [4.78, 5) is 18.8. The van der Waals surface area contributed by atoms with Gasteiger partial charge in [0.1, 0.15) is 5.82 Å². The summed E-state index contributed by atoms with van der Waals surface area (Å²) in [5, 5.41) is 0. The van der Waals surface area contributed by atoms with E-state index >= 15 is 0 Å². The fraction of sp³-hybridized carbons (Fsp3) is 0.357. The summed E-state index contributed by atoms with van der Waals surface area (Å²) in [7, 11) is 0. The zero-order chi connectivity index (χ0) is 15.9. The van der Waals surface area contributed by atoms with E-state index in [1.165, 1.54) is 6.20 Å². The van der Waals surface area contributed by atoms with Crippen LogP contribution in [0.15, 0.2) is 18.5 Å². The number of carbonyl (C=O) groups is 1. The maximum atomic E-state index is 12.9. The highest BCUT2D eigenvalue weighted by atomic mass is 19.4. The van der Waals surface area contributed by atoms with Crippen LogP contribution in [-0.4, -0.2) is 20.8 Å². The molecule has 22 heavy (non-hydrogen) atoms. The van der Waals surface area contributed by atoms with Crippen molar-refractivity contribution in [1.29, 1.82) is 0 Å². The van der Waals surface area contributed by atoms with Gasteiger partial charge in [0.15, 0.2) is 12.1 Å². The first kappa shape index (κ1) is 14.6. The van der Waals surface area contributed by atoms with Crippen LogP contribution < -0.4 is 5.73 Å². The van der Waals surface area contributed by atoms with E-state index in [1.54, 1.807) is 10.8 Å². The lowest BCUT2D eigenvalue weighted by Crippen LogP contribution is -2.18. The second-order valence-corrected chi connectivity index (χ2v) is 5.25. The highest BCUT2D eigenvalue weighted by Gasteiger charge is 2.34. The normalized spacial score (nSPS) is 15.6. The Morgan fingerprint density at radius 3 is 2.64 bits per heavy atom. The largest absolute Gasteiger partial charge is 0.419 e. The molecule has 0 aromatic carbocycles. The molecule has 0 aliphatic heterocycles. The molecule has 5 nitrogen and oxygen atoms in total. The molecule has 8 heteroatoms. The number of hydrogen-bond donors (Lipinski definition) is 1. The Hall–Kier alpha value is -2.38. The van der Waals surface area contributed by atoms with E-state index in [1.807, 2.05) is 0 Å². The third-order valence-electron chi connectivity index (χ3n) is 3.85. The highest BCUT2D eigenvalue weighted by molar-refractivity contribution is 5.73. The van der Waals surface area contributed by atoms with Crippen molar-refractivity contribution in [2.45, 2.75) is 31.5 Å². The van der Waals surface area contributed by atoms with Crippen LogP contribution in [0.5, 0.6) is 0 Å². The molecule has 0 bridgehead atoms. The lowest BCUT2D eigenvalue weighted by atomic mass is 9.93. The van der Waals surface area contributed by atoms with Gasteiger partial charge in [-0.05, 0) is 25.3 Å². The van der Waals surface area contributed by atoms with E-state index in [0.717, 1.165) is 25.3 Å². The third kappa shape index (κ3) is 2.44. The maximum absolute atomic E-state index is 12.9. The summed E-state index contributed by atoms with van der Waals surface area (Å²) < 4.78 is 40.4. The molecule has 0 atom stereocenters. The molecule has 0 radical (unpaired) electrons. The Kier molecular flexibility index (Phi) is 3.38. The van der Waals surface area contributed by atoms with Gasteiger partial charge in [0, 0.05) is 24.0 Å². The number of imidazole rings is 1. The fourth-order valence-corrected chi connectivity index (χ4v) is 2.43. The quantitative estimate of drug-likeness (QED) is 0.884. The molecular weight excluding hydrogens is 297 g/mol. The minimum Gasteiger partial charge on any atom is -0.383 e. The Bertz CT molecular complexity index is 719. The van der Waals surface area contributed by atoms with Crippen molar-refractivity contribution < 1.29 is 18.0 Å². The van der Waals surface area contributed by atoms with E-state index in [4.69, 9.17) is 5.73 Å². The molecule has 0 spiro atoms. The van der Waals surface area contributed by atoms with E-state index in [0.29, 0.717) is 6.29 Å². The number of alkyl halides is 3. The lowest BCUT2D eigenvalue weighted by molar-refractivity contribution is -0.137. The zero-order valence-corrected chi connectivity index (χ0v) is 11.5. The van der Waals surface area contributed by atoms with Crippen LogP contribution in [0.1, 0.15) is 41.5 Å². The Morgan fingerprint density at radius 2 is 2.09 bits per heavy atom. The topological polar surface area (TPSA) is 73.8 Å². The molecule has 1 aliphatic rings. The summed E-state index contributed by atoms with van der Waals surface area (Å²) in [5.41, 5.74) is 4.74. The first-order valence-corrected chi connectivity index (χ1v) is 6.77. The summed E-state index contributed by atoms with van der Waals surface area (Å²) in [5.74, 6) is -0.365. The molecule has 116 valence electrons. The zero-order valence-electron chi connectivity index (χ0n) is 11.5. The number of aldehydes is 1. The number of carbonyl (C=O) groups excluding carboxylic acids is 1. The number of hydrogen-bond acceptors (Lipinski definition) is 4. The molecule has 1 fully saturated rings. The molecule has 1 saturated carbocycles. The van der Waals surface area contributed by atoms with Crippen molar-refractivity contribution >= 4 is 12.1 Å². The molecule has 2 aromatic heterocycles. The van der Waals surface area contributed by atoms with E-state index in [-0.39, 0.29) is 23.1 Å². The SMILES string of the molecule is Nc1ncc(-c2cn(C3CCC3)c(C=O)n2)cc1C(F)(F)F. The molecule has 1 aliphatic carbocycles. The minimum absolute atomic E-state index is 0.183. The van der Waals surface area contributed by atoms with Crippen LogP contribution in [0.2, 0.25) is 0 Å². The molecular formula is C14H13F3N4O. The summed E-state index contributed by atoms with van der Waals surface area (Å²) >= 11 is 0. The third-order valence-corrected chi connectivity index (χ3v) is 3.85. The lowest BCUT2D eigenvalue weighted by Gasteiger charge is -2.27. The van der Waals surface area contributed by atoms with Gasteiger partial charge in [0.25, 0.3) is 0 Å². The van der Waals surface area contributed by atoms with Crippen molar-refractivity contribution in [3.63, 3.8) is 0 Å². The van der Waals surface area contributed by atoms with Crippen LogP contribution in [0.4, 0.5) is 19.0 Å². The Labute approximate surface area is 124 Å². The number of aromatic nitrogens is 3. The predicted molar refractivity (Wildman–Crippen MR) is 73.1 cm³/mol. The number of nitrogens with two attached hydrogens (primary N) is 1. The number of rotatable bonds is 3. The van der Waals surface area contributed by atoms with E-state index < -0.39 is 17.6 Å². The van der Waals surface area contributed by atoms with Gasteiger partial charge >= 0.3 is 6.18 Å². The second-order valence-electron chi connectivity index (χ2n) is 5.25. The van der Waals surface area contributed by atoms with Gasteiger partial charge in [0.05, 0.1) is 11.3 Å². The number of nitrogen functional groups attached to an aromatic ring is 1. The summed E-state index contributed by atoms with van der Waals surface area (Å²) in [6.45, 7) is 0. The molecule has 0 amide bonds. The molecule has 2 N–H and O–H groups in total. The Morgan fingerprint density at radius 1 is 1.36 bits per heavy atom. The van der Waals surface area contributed by atoms with Gasteiger partial charge in [-0.25, -0.2) is 9.97 Å². The van der Waals surface area contributed by atoms with Gasteiger partial charge in [-0.1, -0.05) is 0 Å². The van der Waals surface area contributed by atoms with Gasteiger partial charge in [-0.3, -0.25) is 4.79 Å². The molecule has 2 aromatic rings. The average molecular weight is 310 g/mol. The van der Waals surface area contributed by atoms with E-state index in [9.17, 15) is 18.0 Å². The minimum atomic E-state index is -4.59. The first-order chi connectivity index (χ1) is 10.4. The highest BCUT2D eigenvalue weighted by Crippen LogP contribution is 2.36. The first-order valence-electron chi connectivity index (χ1n) is 6.77. The van der Waals surface area contributed by atoms with Gasteiger partial charge in [-0.2, -0.15) is 13.2 Å². The monoisotopic (exact) mass is 310 g/mol. The fourth-order valence-electron chi connectivity index (χ4n) is 2.43. The van der Waals surface area contributed by atoms with Crippen molar-refractivity contribution in [3.05, 3.63) is 29.8 Å². The standard InChI is InChI=1S/C14H13F3N4O/c15-14(16,17)10-4-8(5-19-13(10)18)11-6-21(9-2-1-3-9)12(7-22)20-11/h4-7,9H,1-3H2,(H2,18,19). The van der Waals surface area contributed by atoms with Gasteiger partial charge in [0.2, 0.25) is 0 Å². The maximum Gasteiger partial charge on any atom is 0.419 e. The van der Waals surface area contributed by atoms with Crippen molar-refractivity contribution in [3.8, 4) is 11.3 Å². The second kappa shape index (κ2) is 5.11. The molecule has 0 unspecified atom stereocenters. The van der Waals surface area contributed by atoms with Crippen LogP contribution in [0.25, 0.3) is 11.3 Å². The Balaban J connectivity index is 2.04. The van der Waals surface area contributed by atoms with Gasteiger partial charge < -0.3 is 10.3 Å². The average Bonchev–Trinajstić information content (AvgIpc) is 2.79. The molecule has 2 heterocycles. The van der Waals surface area contributed by atoms with E-state index in [2.05, 4.69) is 9.97 Å². The number of pyridine rings is 1. The number of nitrogens with zero attached hydrogens (tertiary/aromatic N) is 3. The molecule has 0 saturated heterocycles. The van der Waals surface area contributed by atoms with Crippen molar-refractivity contribution in [1.82, 2.24) is 14.5 Å². The molecule has 3 rings (SSSR count). The van der Waals surface area contributed by atoms with Crippen LogP contribution >= 0.6 is 0 Å². The summed E-state index contributed by atoms with van der Waals surface area (Å²) in [6.07, 6.45) is 1.79. The predicted octanol–water partition coefficient (Wildman–Crippen LogP) is 3.08. The van der Waals surface area contributed by atoms with Crippen molar-refractivity contribution in [2.75, 3.05) is 5.73 Å². The number of anilines is 1. The van der Waals surface area contributed by atoms with Crippen LogP contribution in [-0.2, 0) is 6.18 Å². The van der Waals surface area contributed by atoms with Crippen molar-refractivity contribution in [2.24, 2.45) is 0 Å². The smallest absolute Gasteiger partial charge is 0.383 e. The van der Waals surface area contributed by atoms with Gasteiger partial charge in [-0.15, -0.1) is 0 Å². The summed E-state index contributed by atoms with van der Waals surface area (Å²) in [6, 6.07) is 1.09.